The summed E-state index contributed by atoms with van der Waals surface area (Å²) < 4.78 is 2.12. The van der Waals surface area contributed by atoms with Crippen LogP contribution < -0.4 is 0 Å². The fourth-order valence-electron chi connectivity index (χ4n) is 2.50. The third-order valence-electron chi connectivity index (χ3n) is 3.79. The summed E-state index contributed by atoms with van der Waals surface area (Å²) in [5, 5.41) is 4.87. The second-order valence-corrected chi connectivity index (χ2v) is 6.67. The molecule has 2 nitrogen and oxygen atoms in total. The van der Waals surface area contributed by atoms with E-state index < -0.39 is 0 Å². The van der Waals surface area contributed by atoms with Gasteiger partial charge in [0.2, 0.25) is 0 Å². The number of benzene rings is 2. The van der Waals surface area contributed by atoms with Gasteiger partial charge < -0.3 is 0 Å². The lowest BCUT2D eigenvalue weighted by Gasteiger charge is -2.14. The zero-order valence-electron chi connectivity index (χ0n) is 13.5. The van der Waals surface area contributed by atoms with E-state index >= 15 is 0 Å². The smallest absolute Gasteiger partial charge is 0.0689 e. The Kier molecular flexibility index (Phi) is 3.84. The van der Waals surface area contributed by atoms with Crippen LogP contribution in [-0.4, -0.2) is 9.78 Å². The van der Waals surface area contributed by atoms with Crippen molar-refractivity contribution in [3.05, 3.63) is 78.0 Å². The van der Waals surface area contributed by atoms with Gasteiger partial charge in [0.1, 0.15) is 0 Å². The molecule has 22 heavy (non-hydrogen) atoms. The van der Waals surface area contributed by atoms with Crippen LogP contribution >= 0.6 is 0 Å². The normalized spacial score (nSPS) is 11.6. The number of aromatic nitrogens is 2. The van der Waals surface area contributed by atoms with Gasteiger partial charge >= 0.3 is 0 Å². The molecule has 3 aromatic rings. The Morgan fingerprint density at radius 1 is 0.864 bits per heavy atom. The van der Waals surface area contributed by atoms with E-state index in [1.807, 2.05) is 12.1 Å². The molecule has 0 saturated heterocycles. The molecule has 2 heteroatoms. The van der Waals surface area contributed by atoms with Crippen LogP contribution in [0.3, 0.4) is 0 Å². The maximum atomic E-state index is 4.87. The Balaban J connectivity index is 2.05. The van der Waals surface area contributed by atoms with Crippen LogP contribution in [0.5, 0.6) is 0 Å². The minimum absolute atomic E-state index is 0.0471. The Morgan fingerprint density at radius 2 is 1.45 bits per heavy atom. The van der Waals surface area contributed by atoms with Crippen LogP contribution in [0, 0.1) is 0 Å². The number of rotatable bonds is 3. The molecule has 2 aromatic carbocycles. The van der Waals surface area contributed by atoms with E-state index in [0.717, 1.165) is 12.2 Å². The summed E-state index contributed by atoms with van der Waals surface area (Å²) in [7, 11) is 0. The molecule has 0 fully saturated rings. The Labute approximate surface area is 132 Å². The van der Waals surface area contributed by atoms with Crippen molar-refractivity contribution in [2.45, 2.75) is 32.7 Å². The van der Waals surface area contributed by atoms with Gasteiger partial charge in [-0.05, 0) is 17.2 Å². The first-order valence-corrected chi connectivity index (χ1v) is 7.72. The van der Waals surface area contributed by atoms with Crippen LogP contribution in [0.2, 0.25) is 0 Å². The Morgan fingerprint density at radius 3 is 2.05 bits per heavy atom. The average molecular weight is 290 g/mol. The molecule has 0 radical (unpaired) electrons. The summed E-state index contributed by atoms with van der Waals surface area (Å²) in [4.78, 5) is 0. The summed E-state index contributed by atoms with van der Waals surface area (Å²) in [6, 6.07) is 23.2. The topological polar surface area (TPSA) is 17.8 Å². The van der Waals surface area contributed by atoms with Crippen LogP contribution in [0.1, 0.15) is 32.0 Å². The molecule has 0 N–H and O–H groups in total. The molecular formula is C20H22N2. The Hall–Kier alpha value is -2.35. The van der Waals surface area contributed by atoms with Crippen LogP contribution in [0.4, 0.5) is 0 Å². The van der Waals surface area contributed by atoms with Gasteiger partial charge in [0.25, 0.3) is 0 Å². The highest BCUT2D eigenvalue weighted by atomic mass is 15.3. The molecule has 3 rings (SSSR count). The average Bonchev–Trinajstić information content (AvgIpc) is 2.93. The number of hydrogen-bond acceptors (Lipinski definition) is 1. The molecule has 0 aliphatic heterocycles. The first-order chi connectivity index (χ1) is 10.5. The van der Waals surface area contributed by atoms with Gasteiger partial charge in [-0.1, -0.05) is 81.4 Å². The van der Waals surface area contributed by atoms with Gasteiger partial charge in [0.05, 0.1) is 17.9 Å². The van der Waals surface area contributed by atoms with Gasteiger partial charge in [-0.2, -0.15) is 5.10 Å². The second-order valence-electron chi connectivity index (χ2n) is 6.67. The van der Waals surface area contributed by atoms with Gasteiger partial charge in [-0.25, -0.2) is 0 Å². The zero-order chi connectivity index (χ0) is 15.6. The minimum atomic E-state index is 0.0471. The van der Waals surface area contributed by atoms with E-state index in [1.165, 1.54) is 16.8 Å². The summed E-state index contributed by atoms with van der Waals surface area (Å²) in [6.07, 6.45) is 0. The van der Waals surface area contributed by atoms with E-state index in [2.05, 4.69) is 80.1 Å². The van der Waals surface area contributed by atoms with Crippen molar-refractivity contribution in [2.75, 3.05) is 0 Å². The highest BCUT2D eigenvalue weighted by Gasteiger charge is 2.20. The molecule has 1 aromatic heterocycles. The lowest BCUT2D eigenvalue weighted by Crippen LogP contribution is -2.13. The third kappa shape index (κ3) is 3.11. The molecule has 1 heterocycles. The molecular weight excluding hydrogens is 268 g/mol. The lowest BCUT2D eigenvalue weighted by atomic mass is 9.92. The number of hydrogen-bond donors (Lipinski definition) is 0. The summed E-state index contributed by atoms with van der Waals surface area (Å²) in [5.74, 6) is 0. The zero-order valence-corrected chi connectivity index (χ0v) is 13.5. The van der Waals surface area contributed by atoms with Crippen LogP contribution in [-0.2, 0) is 12.0 Å². The first-order valence-electron chi connectivity index (χ1n) is 7.72. The monoisotopic (exact) mass is 290 g/mol. The molecule has 0 atom stereocenters. The second kappa shape index (κ2) is 5.80. The maximum Gasteiger partial charge on any atom is 0.0689 e. The molecule has 0 unspecified atom stereocenters. The molecule has 112 valence electrons. The fourth-order valence-corrected chi connectivity index (χ4v) is 2.50. The lowest BCUT2D eigenvalue weighted by molar-refractivity contribution is 0.546. The van der Waals surface area contributed by atoms with Gasteiger partial charge in [-0.3, -0.25) is 4.68 Å². The predicted molar refractivity (Wildman–Crippen MR) is 91.9 cm³/mol. The molecule has 0 saturated carbocycles. The fraction of sp³-hybridized carbons (Fsp3) is 0.250. The van der Waals surface area contributed by atoms with Gasteiger partial charge in [0, 0.05) is 5.41 Å². The molecule has 0 aliphatic rings. The molecule has 0 aliphatic carbocycles. The first kappa shape index (κ1) is 14.6. The molecule has 0 bridgehead atoms. The van der Waals surface area contributed by atoms with E-state index in [0.29, 0.717) is 0 Å². The van der Waals surface area contributed by atoms with Crippen molar-refractivity contribution in [2.24, 2.45) is 0 Å². The highest BCUT2D eigenvalue weighted by molar-refractivity contribution is 5.60. The quantitative estimate of drug-likeness (QED) is 0.671. The third-order valence-corrected chi connectivity index (χ3v) is 3.79. The Bertz CT molecular complexity index is 734. The largest absolute Gasteiger partial charge is 0.260 e. The van der Waals surface area contributed by atoms with Crippen molar-refractivity contribution in [3.63, 3.8) is 0 Å². The highest BCUT2D eigenvalue weighted by Crippen LogP contribution is 2.27. The minimum Gasteiger partial charge on any atom is -0.260 e. The summed E-state index contributed by atoms with van der Waals surface area (Å²) in [6.45, 7) is 7.41. The van der Waals surface area contributed by atoms with Crippen molar-refractivity contribution < 1.29 is 0 Å². The molecule has 0 spiro atoms. The SMILES string of the molecule is CC(C)(C)c1cc(-c2ccccc2)n(Cc2ccccc2)n1. The van der Waals surface area contributed by atoms with Gasteiger partial charge in [0.15, 0.2) is 0 Å². The van der Waals surface area contributed by atoms with E-state index in [4.69, 9.17) is 5.10 Å². The predicted octanol–water partition coefficient (Wildman–Crippen LogP) is 4.90. The van der Waals surface area contributed by atoms with E-state index in [-0.39, 0.29) is 5.41 Å². The van der Waals surface area contributed by atoms with Crippen molar-refractivity contribution in [1.29, 1.82) is 0 Å². The van der Waals surface area contributed by atoms with E-state index in [1.54, 1.807) is 0 Å². The maximum absolute atomic E-state index is 4.87. The van der Waals surface area contributed by atoms with Crippen LogP contribution in [0.15, 0.2) is 66.7 Å². The van der Waals surface area contributed by atoms with Crippen molar-refractivity contribution >= 4 is 0 Å². The van der Waals surface area contributed by atoms with Crippen molar-refractivity contribution in [3.8, 4) is 11.3 Å². The summed E-state index contributed by atoms with van der Waals surface area (Å²) in [5.41, 5.74) is 4.83. The van der Waals surface area contributed by atoms with Gasteiger partial charge in [-0.15, -0.1) is 0 Å². The van der Waals surface area contributed by atoms with E-state index in [9.17, 15) is 0 Å². The van der Waals surface area contributed by atoms with Crippen molar-refractivity contribution in [1.82, 2.24) is 9.78 Å². The number of nitrogens with zero attached hydrogens (tertiary/aromatic N) is 2. The van der Waals surface area contributed by atoms with Crippen LogP contribution in [0.25, 0.3) is 11.3 Å². The summed E-state index contributed by atoms with van der Waals surface area (Å²) >= 11 is 0. The standard InChI is InChI=1S/C20H22N2/c1-20(2,3)19-14-18(17-12-8-5-9-13-17)22(21-19)15-16-10-6-4-7-11-16/h4-14H,15H2,1-3H3. The molecule has 0 amide bonds.